The number of benzene rings is 1. The van der Waals surface area contributed by atoms with E-state index >= 15 is 0 Å². The van der Waals surface area contributed by atoms with Gasteiger partial charge in [0, 0.05) is 0 Å². The quantitative estimate of drug-likeness (QED) is 0.333. The maximum atomic E-state index is 11.1. The Kier molecular flexibility index (Phi) is 7.94. The normalized spacial score (nSPS) is 20.6. The zero-order valence-electron chi connectivity index (χ0n) is 17.0. The van der Waals surface area contributed by atoms with E-state index in [1.54, 1.807) is 5.30 Å². The van der Waals surface area contributed by atoms with Crippen LogP contribution in [0.5, 0.6) is 0 Å². The molecule has 0 aliphatic heterocycles. The van der Waals surface area contributed by atoms with Gasteiger partial charge in [0.1, 0.15) is 0 Å². The van der Waals surface area contributed by atoms with Gasteiger partial charge in [-0.05, 0) is 0 Å². The summed E-state index contributed by atoms with van der Waals surface area (Å²) in [4.78, 5) is 11.1. The van der Waals surface area contributed by atoms with Crippen LogP contribution in [-0.2, 0) is 9.53 Å². The van der Waals surface area contributed by atoms with Gasteiger partial charge in [0.15, 0.2) is 0 Å². The van der Waals surface area contributed by atoms with E-state index in [1.807, 2.05) is 0 Å². The fourth-order valence-electron chi connectivity index (χ4n) is 5.75. The Balaban J connectivity index is 1.91. The Bertz CT molecular complexity index is 580. The molecule has 1 aromatic carbocycles. The summed E-state index contributed by atoms with van der Waals surface area (Å²) in [5, 5.41) is 1.68. The first-order valence-corrected chi connectivity index (χ1v) is 13.4. The molecule has 3 rings (SSSR count). The second kappa shape index (κ2) is 10.4. The van der Waals surface area contributed by atoms with Gasteiger partial charge in [-0.2, -0.15) is 0 Å². The first kappa shape index (κ1) is 20.6. The molecule has 2 aliphatic carbocycles. The Morgan fingerprint density at radius 1 is 0.926 bits per heavy atom. The molecule has 2 aliphatic rings. The van der Waals surface area contributed by atoms with Gasteiger partial charge in [-0.1, -0.05) is 0 Å². The third-order valence-electron chi connectivity index (χ3n) is 6.98. The molecule has 3 heteroatoms. The van der Waals surface area contributed by atoms with Crippen LogP contribution in [0.3, 0.4) is 0 Å². The fraction of sp³-hybridized carbons (Fsp3) is 0.625. The average molecular weight is 389 g/mol. The van der Waals surface area contributed by atoms with Gasteiger partial charge in [-0.3, -0.25) is 0 Å². The fourth-order valence-corrected chi connectivity index (χ4v) is 12.5. The molecule has 2 fully saturated rings. The van der Waals surface area contributed by atoms with Crippen LogP contribution in [0.1, 0.15) is 71.1 Å². The summed E-state index contributed by atoms with van der Waals surface area (Å²) >= 11 is 0. The van der Waals surface area contributed by atoms with Crippen molar-refractivity contribution in [1.29, 1.82) is 0 Å². The van der Waals surface area contributed by atoms with Gasteiger partial charge in [-0.25, -0.2) is 0 Å². The van der Waals surface area contributed by atoms with E-state index in [-0.39, 0.29) is 5.97 Å². The number of rotatable bonds is 7. The summed E-state index contributed by atoms with van der Waals surface area (Å²) in [5.41, 5.74) is 1.82. The van der Waals surface area contributed by atoms with E-state index in [0.29, 0.717) is 6.61 Å². The maximum absolute atomic E-state index is 11.1. The Morgan fingerprint density at radius 3 is 2.00 bits per heavy atom. The van der Waals surface area contributed by atoms with Gasteiger partial charge < -0.3 is 0 Å². The number of carbonyl (C=O) groups is 1. The van der Waals surface area contributed by atoms with Crippen molar-refractivity contribution in [2.75, 3.05) is 12.8 Å². The number of hydrogen-bond donors (Lipinski definition) is 0. The monoisotopic (exact) mass is 388 g/mol. The molecule has 0 unspecified atom stereocenters. The molecule has 0 N–H and O–H groups in total. The molecule has 0 atom stereocenters. The van der Waals surface area contributed by atoms with Gasteiger partial charge in [0.2, 0.25) is 0 Å². The minimum atomic E-state index is -1.67. The average Bonchev–Trinajstić information content (AvgIpc) is 2.73. The summed E-state index contributed by atoms with van der Waals surface area (Å²) < 4.78 is 5.14. The number of hydrogen-bond acceptors (Lipinski definition) is 2. The van der Waals surface area contributed by atoms with Crippen LogP contribution in [0.25, 0.3) is 0 Å². The van der Waals surface area contributed by atoms with Crippen LogP contribution >= 0.6 is 7.26 Å². The van der Waals surface area contributed by atoms with Crippen molar-refractivity contribution in [3.63, 3.8) is 0 Å². The van der Waals surface area contributed by atoms with Crippen molar-refractivity contribution in [3.8, 4) is 0 Å². The molecule has 2 saturated carbocycles. The van der Waals surface area contributed by atoms with Crippen molar-refractivity contribution in [1.82, 2.24) is 0 Å². The van der Waals surface area contributed by atoms with E-state index in [0.717, 1.165) is 11.3 Å². The van der Waals surface area contributed by atoms with Crippen molar-refractivity contribution in [3.05, 3.63) is 42.5 Å². The topological polar surface area (TPSA) is 26.3 Å². The molecule has 0 saturated heterocycles. The third kappa shape index (κ3) is 5.23. The minimum absolute atomic E-state index is 0.189. The molecule has 27 heavy (non-hydrogen) atoms. The molecule has 0 radical (unpaired) electrons. The first-order valence-electron chi connectivity index (χ1n) is 11.1. The zero-order valence-corrected chi connectivity index (χ0v) is 18.0. The molecular weight excluding hydrogens is 351 g/mol. The first-order chi connectivity index (χ1) is 13.2. The number of ether oxygens (including phenoxy) is 1. The second-order valence-electron chi connectivity index (χ2n) is 8.55. The SMILES string of the molecule is CC(=O)OC/C=C/C[PH](c1ccccc1)(C1CCCCC1)C1CCCCC1. The number of esters is 1. The third-order valence-corrected chi connectivity index (χ3v) is 13.4. The van der Waals surface area contributed by atoms with Gasteiger partial charge in [0.25, 0.3) is 0 Å². The summed E-state index contributed by atoms with van der Waals surface area (Å²) in [6, 6.07) is 11.6. The summed E-state index contributed by atoms with van der Waals surface area (Å²) in [6.45, 7) is 1.91. The van der Waals surface area contributed by atoms with E-state index in [4.69, 9.17) is 4.74 Å². The zero-order chi connectivity index (χ0) is 19.0. The molecule has 0 amide bonds. The van der Waals surface area contributed by atoms with Crippen molar-refractivity contribution < 1.29 is 9.53 Å². The number of allylic oxidation sites excluding steroid dienone is 1. The van der Waals surface area contributed by atoms with Crippen molar-refractivity contribution >= 4 is 18.5 Å². The van der Waals surface area contributed by atoms with E-state index < -0.39 is 7.26 Å². The molecule has 0 heterocycles. The Hall–Kier alpha value is -1.14. The van der Waals surface area contributed by atoms with Crippen LogP contribution in [-0.4, -0.2) is 30.1 Å². The van der Waals surface area contributed by atoms with Crippen molar-refractivity contribution in [2.24, 2.45) is 0 Å². The van der Waals surface area contributed by atoms with E-state index in [1.165, 1.54) is 77.3 Å². The molecule has 0 spiro atoms. The van der Waals surface area contributed by atoms with Crippen LogP contribution < -0.4 is 5.30 Å². The van der Waals surface area contributed by atoms with Gasteiger partial charge in [-0.15, -0.1) is 0 Å². The Morgan fingerprint density at radius 2 is 1.48 bits per heavy atom. The molecular formula is C24H37O2P. The Labute approximate surface area is 166 Å². The van der Waals surface area contributed by atoms with Crippen LogP contribution in [0.2, 0.25) is 0 Å². The summed E-state index contributed by atoms with van der Waals surface area (Å²) in [5.74, 6) is -0.189. The molecule has 0 bridgehead atoms. The molecule has 2 nitrogen and oxygen atoms in total. The van der Waals surface area contributed by atoms with E-state index in [2.05, 4.69) is 42.5 Å². The molecule has 1 aromatic rings. The summed E-state index contributed by atoms with van der Waals surface area (Å²) in [7, 11) is -1.67. The van der Waals surface area contributed by atoms with Crippen LogP contribution in [0, 0.1) is 0 Å². The number of carbonyl (C=O) groups excluding carboxylic acids is 1. The molecule has 0 aromatic heterocycles. The van der Waals surface area contributed by atoms with E-state index in [9.17, 15) is 4.79 Å². The molecule has 150 valence electrons. The summed E-state index contributed by atoms with van der Waals surface area (Å²) in [6.07, 6.45) is 19.9. The van der Waals surface area contributed by atoms with Crippen LogP contribution in [0.15, 0.2) is 42.5 Å². The standard InChI is InChI=1S/C24H37O2P/c1-21(25)26-19-11-12-20-27(22-13-5-2-6-14-22,23-15-7-3-8-16-23)24-17-9-4-10-18-24/h2,5-6,11-14,23-24,27H,3-4,7-10,15-20H2,1H3/b12-11+. The predicted octanol–water partition coefficient (Wildman–Crippen LogP) is 5.85. The van der Waals surface area contributed by atoms with Gasteiger partial charge >= 0.3 is 166 Å². The van der Waals surface area contributed by atoms with Crippen molar-refractivity contribution in [2.45, 2.75) is 82.4 Å². The van der Waals surface area contributed by atoms with Crippen LogP contribution in [0.4, 0.5) is 0 Å². The second-order valence-corrected chi connectivity index (χ2v) is 13.3. The predicted molar refractivity (Wildman–Crippen MR) is 119 cm³/mol. The van der Waals surface area contributed by atoms with Gasteiger partial charge in [0.05, 0.1) is 0 Å².